The first kappa shape index (κ1) is 20.5. The second-order valence-electron chi connectivity index (χ2n) is 7.47. The molecule has 1 aliphatic rings. The van der Waals surface area contributed by atoms with Crippen molar-refractivity contribution in [3.63, 3.8) is 0 Å². The summed E-state index contributed by atoms with van der Waals surface area (Å²) >= 11 is 0. The van der Waals surface area contributed by atoms with E-state index >= 15 is 0 Å². The van der Waals surface area contributed by atoms with Gasteiger partial charge < -0.3 is 4.52 Å². The number of aryl methyl sites for hydroxylation is 1. The first-order valence-electron chi connectivity index (χ1n) is 9.41. The third-order valence-corrected chi connectivity index (χ3v) is 4.98. The van der Waals surface area contributed by atoms with Crippen LogP contribution in [0.1, 0.15) is 47.4 Å². The third-order valence-electron chi connectivity index (χ3n) is 4.98. The summed E-state index contributed by atoms with van der Waals surface area (Å²) in [6.07, 6.45) is -6.62. The molecule has 14 heteroatoms. The molecule has 1 aliphatic carbocycles. The highest BCUT2D eigenvalue weighted by molar-refractivity contribution is 5.72. The Labute approximate surface area is 174 Å². The summed E-state index contributed by atoms with van der Waals surface area (Å²) in [7, 11) is 0. The fraction of sp³-hybridized carbons (Fsp3) is 0.389. The topological polar surface area (TPSA) is 86.9 Å². The summed E-state index contributed by atoms with van der Waals surface area (Å²) in [6.45, 7) is 1.19. The van der Waals surface area contributed by atoms with Crippen molar-refractivity contribution in [2.45, 2.75) is 44.6 Å². The summed E-state index contributed by atoms with van der Waals surface area (Å²) in [5, 5.41) is 11.1. The van der Waals surface area contributed by atoms with Gasteiger partial charge in [-0.05, 0) is 31.9 Å². The van der Waals surface area contributed by atoms with Crippen molar-refractivity contribution in [2.24, 2.45) is 0 Å². The van der Waals surface area contributed by atoms with Crippen LogP contribution in [0.5, 0.6) is 0 Å². The van der Waals surface area contributed by atoms with E-state index in [9.17, 15) is 26.3 Å². The Hall–Kier alpha value is -3.45. The maximum atomic E-state index is 13.3. The van der Waals surface area contributed by atoms with Crippen molar-refractivity contribution in [3.05, 3.63) is 47.0 Å². The summed E-state index contributed by atoms with van der Waals surface area (Å²) in [4.78, 5) is 8.21. The molecule has 0 radical (unpaired) electrons. The van der Waals surface area contributed by atoms with E-state index in [0.717, 1.165) is 35.9 Å². The number of halogens is 6. The molecule has 0 amide bonds. The Kier molecular flexibility index (Phi) is 4.33. The number of alkyl halides is 6. The molecule has 1 saturated carbocycles. The third kappa shape index (κ3) is 3.58. The van der Waals surface area contributed by atoms with Crippen LogP contribution in [0.3, 0.4) is 0 Å². The minimum absolute atomic E-state index is 0.0198. The molecule has 0 aromatic carbocycles. The van der Waals surface area contributed by atoms with Crippen molar-refractivity contribution >= 4 is 5.65 Å². The molecule has 0 aliphatic heterocycles. The lowest BCUT2D eigenvalue weighted by molar-refractivity contribution is -0.143. The molecule has 4 aromatic heterocycles. The van der Waals surface area contributed by atoms with Crippen molar-refractivity contribution in [1.82, 2.24) is 34.5 Å². The van der Waals surface area contributed by atoms with Gasteiger partial charge >= 0.3 is 12.4 Å². The van der Waals surface area contributed by atoms with E-state index < -0.39 is 23.7 Å². The highest BCUT2D eigenvalue weighted by Crippen LogP contribution is 2.42. The maximum Gasteiger partial charge on any atom is 0.435 e. The van der Waals surface area contributed by atoms with Crippen LogP contribution < -0.4 is 0 Å². The predicted molar refractivity (Wildman–Crippen MR) is 94.3 cm³/mol. The molecule has 5 rings (SSSR count). The molecule has 8 nitrogen and oxygen atoms in total. The standard InChI is InChI=1S/C18H13F6N7O/c1-8-4-13(18(22,23)24)31-16(26-8)10(6-25-31)15-27-14(32-29-15)7-30-11(9-2-3-9)5-12(28-30)17(19,20)21/h4-6,9H,2-3,7H2,1H3. The van der Waals surface area contributed by atoms with Gasteiger partial charge in [0.2, 0.25) is 11.7 Å². The van der Waals surface area contributed by atoms with Gasteiger partial charge in [-0.2, -0.15) is 41.5 Å². The van der Waals surface area contributed by atoms with E-state index in [4.69, 9.17) is 4.52 Å². The number of hydrogen-bond acceptors (Lipinski definition) is 6. The lowest BCUT2D eigenvalue weighted by atomic mass is 10.2. The van der Waals surface area contributed by atoms with Crippen LogP contribution in [0.2, 0.25) is 0 Å². The highest BCUT2D eigenvalue weighted by atomic mass is 19.4. The Balaban J connectivity index is 1.50. The molecule has 0 spiro atoms. The fourth-order valence-corrected chi connectivity index (χ4v) is 3.40. The van der Waals surface area contributed by atoms with Crippen molar-refractivity contribution in [3.8, 4) is 11.4 Å². The van der Waals surface area contributed by atoms with Crippen LogP contribution in [-0.2, 0) is 18.9 Å². The Morgan fingerprint density at radius 3 is 2.47 bits per heavy atom. The molecule has 1 fully saturated rings. The van der Waals surface area contributed by atoms with E-state index in [2.05, 4.69) is 25.3 Å². The van der Waals surface area contributed by atoms with Gasteiger partial charge in [0, 0.05) is 17.3 Å². The van der Waals surface area contributed by atoms with Crippen LogP contribution in [0.4, 0.5) is 26.3 Å². The largest absolute Gasteiger partial charge is 0.435 e. The molecular weight excluding hydrogens is 444 g/mol. The quantitative estimate of drug-likeness (QED) is 0.426. The van der Waals surface area contributed by atoms with Crippen molar-refractivity contribution < 1.29 is 30.9 Å². The summed E-state index contributed by atoms with van der Waals surface area (Å²) in [5.41, 5.74) is -1.53. The van der Waals surface area contributed by atoms with E-state index in [-0.39, 0.29) is 41.1 Å². The maximum absolute atomic E-state index is 13.3. The summed E-state index contributed by atoms with van der Waals surface area (Å²) in [5.74, 6) is -0.159. The van der Waals surface area contributed by atoms with Gasteiger partial charge in [-0.3, -0.25) is 4.68 Å². The second-order valence-corrected chi connectivity index (χ2v) is 7.47. The number of fused-ring (bicyclic) bond motifs is 1. The van der Waals surface area contributed by atoms with Gasteiger partial charge in [0.25, 0.3) is 0 Å². The Morgan fingerprint density at radius 2 is 1.81 bits per heavy atom. The zero-order valence-corrected chi connectivity index (χ0v) is 16.2. The van der Waals surface area contributed by atoms with Crippen molar-refractivity contribution in [2.75, 3.05) is 0 Å². The van der Waals surface area contributed by atoms with Crippen LogP contribution in [0.25, 0.3) is 17.0 Å². The summed E-state index contributed by atoms with van der Waals surface area (Å²) < 4.78 is 86.1. The smallest absolute Gasteiger partial charge is 0.337 e. The Bertz CT molecular complexity index is 1310. The number of hydrogen-bond donors (Lipinski definition) is 0. The molecule has 0 saturated heterocycles. The van der Waals surface area contributed by atoms with Crippen LogP contribution >= 0.6 is 0 Å². The minimum atomic E-state index is -4.66. The minimum Gasteiger partial charge on any atom is -0.337 e. The van der Waals surface area contributed by atoms with Crippen molar-refractivity contribution in [1.29, 1.82) is 0 Å². The molecule has 0 bridgehead atoms. The number of aromatic nitrogens is 7. The lowest BCUT2D eigenvalue weighted by Gasteiger charge is -2.09. The summed E-state index contributed by atoms with van der Waals surface area (Å²) in [6, 6.07) is 1.87. The van der Waals surface area contributed by atoms with E-state index in [0.29, 0.717) is 10.2 Å². The molecular formula is C18H13F6N7O. The van der Waals surface area contributed by atoms with Crippen LogP contribution in [-0.4, -0.2) is 34.5 Å². The van der Waals surface area contributed by atoms with E-state index in [1.54, 1.807) is 0 Å². The molecule has 0 atom stereocenters. The second kappa shape index (κ2) is 6.77. The van der Waals surface area contributed by atoms with Gasteiger partial charge in [0.1, 0.15) is 12.2 Å². The number of nitrogens with zero attached hydrogens (tertiary/aromatic N) is 7. The zero-order valence-electron chi connectivity index (χ0n) is 16.2. The monoisotopic (exact) mass is 457 g/mol. The van der Waals surface area contributed by atoms with Gasteiger partial charge in [-0.15, -0.1) is 0 Å². The fourth-order valence-electron chi connectivity index (χ4n) is 3.40. The molecule has 4 heterocycles. The first-order valence-corrected chi connectivity index (χ1v) is 9.41. The van der Waals surface area contributed by atoms with Gasteiger partial charge in [0.15, 0.2) is 11.3 Å². The average molecular weight is 457 g/mol. The van der Waals surface area contributed by atoms with E-state index in [1.807, 2.05) is 0 Å². The van der Waals surface area contributed by atoms with Gasteiger partial charge in [0.05, 0.1) is 11.8 Å². The van der Waals surface area contributed by atoms with Crippen LogP contribution in [0, 0.1) is 6.92 Å². The highest BCUT2D eigenvalue weighted by Gasteiger charge is 2.38. The molecule has 168 valence electrons. The molecule has 4 aromatic rings. The van der Waals surface area contributed by atoms with E-state index in [1.165, 1.54) is 6.92 Å². The number of rotatable bonds is 4. The van der Waals surface area contributed by atoms with Crippen LogP contribution in [0.15, 0.2) is 22.9 Å². The molecule has 0 unspecified atom stereocenters. The van der Waals surface area contributed by atoms with Gasteiger partial charge in [-0.1, -0.05) is 5.16 Å². The average Bonchev–Trinajstić information content (AvgIpc) is 3.09. The van der Waals surface area contributed by atoms with Gasteiger partial charge in [-0.25, -0.2) is 9.50 Å². The first-order chi connectivity index (χ1) is 15.0. The predicted octanol–water partition coefficient (Wildman–Crippen LogP) is 4.25. The zero-order chi connectivity index (χ0) is 22.8. The molecule has 0 N–H and O–H groups in total. The molecule has 32 heavy (non-hydrogen) atoms. The lowest BCUT2D eigenvalue weighted by Crippen LogP contribution is -2.13. The Morgan fingerprint density at radius 1 is 1.06 bits per heavy atom. The SMILES string of the molecule is Cc1cc(C(F)(F)F)n2ncc(-c3noc(Cn4nc(C(F)(F)F)cc4C4CC4)n3)c2n1. The normalized spacial score (nSPS) is 15.1.